The van der Waals surface area contributed by atoms with Crippen molar-refractivity contribution in [3.63, 3.8) is 0 Å². The highest BCUT2D eigenvalue weighted by molar-refractivity contribution is 6.33. The van der Waals surface area contributed by atoms with Gasteiger partial charge >= 0.3 is 5.97 Å². The standard InChI is InChI=1S/C14H12ClFN2O3/c1-8(21-14(20)12-3-2-6-17-12)13(19)18-11-5-4-9(16)7-10(11)15/h2-8,17H,1H3,(H,18,19)/t8-/m1/s1. The quantitative estimate of drug-likeness (QED) is 0.853. The molecule has 0 radical (unpaired) electrons. The van der Waals surface area contributed by atoms with Crippen molar-refractivity contribution >= 4 is 29.2 Å². The van der Waals surface area contributed by atoms with Gasteiger partial charge in [0.15, 0.2) is 6.10 Å². The first-order valence-electron chi connectivity index (χ1n) is 6.07. The largest absolute Gasteiger partial charge is 0.448 e. The van der Waals surface area contributed by atoms with Crippen LogP contribution in [-0.4, -0.2) is 23.0 Å². The maximum Gasteiger partial charge on any atom is 0.355 e. The van der Waals surface area contributed by atoms with Crippen molar-refractivity contribution in [1.29, 1.82) is 0 Å². The van der Waals surface area contributed by atoms with Gasteiger partial charge in [0.25, 0.3) is 5.91 Å². The molecule has 1 aromatic carbocycles. The van der Waals surface area contributed by atoms with E-state index in [0.29, 0.717) is 0 Å². The Morgan fingerprint density at radius 1 is 1.38 bits per heavy atom. The van der Waals surface area contributed by atoms with Crippen LogP contribution in [-0.2, 0) is 9.53 Å². The maximum absolute atomic E-state index is 12.9. The Bertz CT molecular complexity index is 658. The first-order chi connectivity index (χ1) is 9.97. The predicted octanol–water partition coefficient (Wildman–Crippen LogP) is 2.99. The minimum Gasteiger partial charge on any atom is -0.448 e. The number of anilines is 1. The number of carbonyl (C=O) groups is 2. The van der Waals surface area contributed by atoms with Crippen LogP contribution in [0, 0.1) is 5.82 Å². The Labute approximate surface area is 125 Å². The van der Waals surface area contributed by atoms with Gasteiger partial charge in [-0.3, -0.25) is 4.79 Å². The molecule has 2 N–H and O–H groups in total. The lowest BCUT2D eigenvalue weighted by Crippen LogP contribution is -2.30. The molecule has 0 saturated heterocycles. The van der Waals surface area contributed by atoms with Gasteiger partial charge in [0.2, 0.25) is 0 Å². The van der Waals surface area contributed by atoms with E-state index in [2.05, 4.69) is 10.3 Å². The summed E-state index contributed by atoms with van der Waals surface area (Å²) in [5.41, 5.74) is 0.486. The molecule has 21 heavy (non-hydrogen) atoms. The number of hydrogen-bond donors (Lipinski definition) is 2. The summed E-state index contributed by atoms with van der Waals surface area (Å²) >= 11 is 5.80. The number of halogens is 2. The summed E-state index contributed by atoms with van der Waals surface area (Å²) in [6.07, 6.45) is 0.543. The van der Waals surface area contributed by atoms with Crippen LogP contribution >= 0.6 is 11.6 Å². The van der Waals surface area contributed by atoms with Crippen molar-refractivity contribution in [3.05, 3.63) is 53.1 Å². The molecule has 5 nitrogen and oxygen atoms in total. The van der Waals surface area contributed by atoms with Gasteiger partial charge in [0.05, 0.1) is 10.7 Å². The van der Waals surface area contributed by atoms with E-state index in [9.17, 15) is 14.0 Å². The van der Waals surface area contributed by atoms with E-state index in [0.717, 1.165) is 12.1 Å². The highest BCUT2D eigenvalue weighted by atomic mass is 35.5. The van der Waals surface area contributed by atoms with E-state index in [4.69, 9.17) is 16.3 Å². The fourth-order valence-corrected chi connectivity index (χ4v) is 1.77. The van der Waals surface area contributed by atoms with Gasteiger partial charge in [0, 0.05) is 6.20 Å². The fraction of sp³-hybridized carbons (Fsp3) is 0.143. The van der Waals surface area contributed by atoms with Gasteiger partial charge in [-0.05, 0) is 37.3 Å². The number of rotatable bonds is 4. The molecular formula is C14H12ClFN2O3. The average molecular weight is 311 g/mol. The molecule has 1 heterocycles. The average Bonchev–Trinajstić information content (AvgIpc) is 2.95. The summed E-state index contributed by atoms with van der Waals surface area (Å²) in [5, 5.41) is 2.52. The molecule has 0 saturated carbocycles. The molecular weight excluding hydrogens is 299 g/mol. The highest BCUT2D eigenvalue weighted by Gasteiger charge is 2.20. The Kier molecular flexibility index (Phi) is 4.59. The van der Waals surface area contributed by atoms with E-state index < -0.39 is 23.8 Å². The fourth-order valence-electron chi connectivity index (χ4n) is 1.56. The van der Waals surface area contributed by atoms with Crippen molar-refractivity contribution in [1.82, 2.24) is 4.98 Å². The van der Waals surface area contributed by atoms with Gasteiger partial charge in [0.1, 0.15) is 11.5 Å². The highest BCUT2D eigenvalue weighted by Crippen LogP contribution is 2.22. The van der Waals surface area contributed by atoms with E-state index in [1.807, 2.05) is 0 Å². The van der Waals surface area contributed by atoms with Gasteiger partial charge < -0.3 is 15.0 Å². The number of esters is 1. The first kappa shape index (κ1) is 15.1. The van der Waals surface area contributed by atoms with E-state index >= 15 is 0 Å². The minimum absolute atomic E-state index is 0.0613. The number of aromatic amines is 1. The minimum atomic E-state index is -1.03. The Morgan fingerprint density at radius 3 is 2.76 bits per heavy atom. The van der Waals surface area contributed by atoms with E-state index in [1.54, 1.807) is 12.3 Å². The van der Waals surface area contributed by atoms with Crippen molar-refractivity contribution in [2.24, 2.45) is 0 Å². The molecule has 0 unspecified atom stereocenters. The van der Waals surface area contributed by atoms with Crippen molar-refractivity contribution < 1.29 is 18.7 Å². The topological polar surface area (TPSA) is 71.2 Å². The van der Waals surface area contributed by atoms with Crippen LogP contribution in [0.15, 0.2) is 36.5 Å². The molecule has 1 amide bonds. The second-order valence-corrected chi connectivity index (χ2v) is 4.65. The van der Waals surface area contributed by atoms with Crippen molar-refractivity contribution in [2.45, 2.75) is 13.0 Å². The molecule has 0 fully saturated rings. The molecule has 0 aliphatic carbocycles. The Morgan fingerprint density at radius 2 is 2.14 bits per heavy atom. The number of nitrogens with one attached hydrogen (secondary N) is 2. The second kappa shape index (κ2) is 6.41. The number of hydrogen-bond acceptors (Lipinski definition) is 3. The van der Waals surface area contributed by atoms with Crippen LogP contribution in [0.2, 0.25) is 5.02 Å². The first-order valence-corrected chi connectivity index (χ1v) is 6.45. The Hall–Kier alpha value is -2.34. The summed E-state index contributed by atoms with van der Waals surface area (Å²) in [6, 6.07) is 6.74. The lowest BCUT2D eigenvalue weighted by molar-refractivity contribution is -0.123. The van der Waals surface area contributed by atoms with Crippen LogP contribution in [0.5, 0.6) is 0 Å². The van der Waals surface area contributed by atoms with Gasteiger partial charge in [-0.25, -0.2) is 9.18 Å². The van der Waals surface area contributed by atoms with Crippen LogP contribution in [0.3, 0.4) is 0 Å². The molecule has 2 rings (SSSR count). The number of ether oxygens (including phenoxy) is 1. The Balaban J connectivity index is 1.98. The van der Waals surface area contributed by atoms with E-state index in [1.165, 1.54) is 19.1 Å². The normalized spacial score (nSPS) is 11.8. The number of amides is 1. The van der Waals surface area contributed by atoms with E-state index in [-0.39, 0.29) is 16.4 Å². The van der Waals surface area contributed by atoms with Gasteiger partial charge in [-0.2, -0.15) is 0 Å². The van der Waals surface area contributed by atoms with Crippen LogP contribution in [0.4, 0.5) is 10.1 Å². The molecule has 110 valence electrons. The third kappa shape index (κ3) is 3.82. The molecule has 0 bridgehead atoms. The summed E-state index contributed by atoms with van der Waals surface area (Å²) < 4.78 is 17.9. The lowest BCUT2D eigenvalue weighted by atomic mass is 10.3. The van der Waals surface area contributed by atoms with Crippen LogP contribution < -0.4 is 5.32 Å². The number of aromatic nitrogens is 1. The summed E-state index contributed by atoms with van der Waals surface area (Å²) in [7, 11) is 0. The number of H-pyrrole nitrogens is 1. The van der Waals surface area contributed by atoms with Gasteiger partial charge in [-0.15, -0.1) is 0 Å². The molecule has 0 aliphatic heterocycles. The zero-order valence-electron chi connectivity index (χ0n) is 11.0. The SMILES string of the molecule is C[C@@H](OC(=O)c1ccc[nH]1)C(=O)Nc1ccc(F)cc1Cl. The van der Waals surface area contributed by atoms with Crippen LogP contribution in [0.1, 0.15) is 17.4 Å². The van der Waals surface area contributed by atoms with Crippen LogP contribution in [0.25, 0.3) is 0 Å². The molecule has 1 aromatic heterocycles. The predicted molar refractivity (Wildman–Crippen MR) is 75.7 cm³/mol. The summed E-state index contributed by atoms with van der Waals surface area (Å²) in [5.74, 6) is -1.72. The number of carbonyl (C=O) groups excluding carboxylic acids is 2. The molecule has 2 aromatic rings. The molecule has 0 aliphatic rings. The van der Waals surface area contributed by atoms with Crippen molar-refractivity contribution in [2.75, 3.05) is 5.32 Å². The lowest BCUT2D eigenvalue weighted by Gasteiger charge is -2.13. The van der Waals surface area contributed by atoms with Crippen molar-refractivity contribution in [3.8, 4) is 0 Å². The summed E-state index contributed by atoms with van der Waals surface area (Å²) in [4.78, 5) is 26.3. The zero-order valence-corrected chi connectivity index (χ0v) is 11.8. The summed E-state index contributed by atoms with van der Waals surface area (Å²) in [6.45, 7) is 1.42. The monoisotopic (exact) mass is 310 g/mol. The number of benzene rings is 1. The molecule has 7 heteroatoms. The second-order valence-electron chi connectivity index (χ2n) is 4.24. The third-order valence-electron chi connectivity index (χ3n) is 2.66. The zero-order chi connectivity index (χ0) is 15.4. The molecule has 1 atom stereocenters. The smallest absolute Gasteiger partial charge is 0.355 e. The van der Waals surface area contributed by atoms with Gasteiger partial charge in [-0.1, -0.05) is 11.6 Å². The maximum atomic E-state index is 12.9. The molecule has 0 spiro atoms. The third-order valence-corrected chi connectivity index (χ3v) is 2.97.